The molecule has 114 valence electrons. The highest BCUT2D eigenvalue weighted by Gasteiger charge is 2.26. The van der Waals surface area contributed by atoms with Gasteiger partial charge in [0.15, 0.2) is 0 Å². The van der Waals surface area contributed by atoms with Crippen molar-refractivity contribution in [2.45, 2.75) is 12.2 Å². The van der Waals surface area contributed by atoms with Crippen molar-refractivity contribution in [3.05, 3.63) is 0 Å². The molecule has 0 spiro atoms. The number of ether oxygens (including phenoxy) is 4. The molecule has 2 fully saturated rings. The summed E-state index contributed by atoms with van der Waals surface area (Å²) in [6.45, 7) is 4.69. The highest BCUT2D eigenvalue weighted by Crippen LogP contribution is 2.20. The van der Waals surface area contributed by atoms with Gasteiger partial charge in [-0.15, -0.1) is 0 Å². The van der Waals surface area contributed by atoms with Crippen molar-refractivity contribution >= 4 is 37.0 Å². The predicted octanol–water partition coefficient (Wildman–Crippen LogP) is 1.40. The van der Waals surface area contributed by atoms with Crippen LogP contribution in [-0.4, -0.2) is 74.9 Å². The van der Waals surface area contributed by atoms with Crippen molar-refractivity contribution in [2.24, 2.45) is 0 Å². The maximum Gasteiger partial charge on any atom is 0.0900 e. The van der Waals surface area contributed by atoms with Gasteiger partial charge in [0.1, 0.15) is 0 Å². The van der Waals surface area contributed by atoms with Gasteiger partial charge in [-0.25, -0.2) is 0 Å². The molecule has 2 unspecified atom stereocenters. The van der Waals surface area contributed by atoms with Gasteiger partial charge in [-0.05, 0) is 0 Å². The third kappa shape index (κ3) is 13.6. The Hall–Kier alpha value is 0.890. The van der Waals surface area contributed by atoms with Gasteiger partial charge in [-0.2, -0.15) is 37.0 Å². The number of rotatable bonds is 11. The second kappa shape index (κ2) is 12.6. The van der Waals surface area contributed by atoms with Gasteiger partial charge in [0.2, 0.25) is 0 Å². The van der Waals surface area contributed by atoms with Gasteiger partial charge >= 0.3 is 0 Å². The number of epoxide rings is 2. The largest absolute Gasteiger partial charge is 0.378 e. The molecule has 2 aliphatic rings. The molecule has 0 aromatic carbocycles. The van der Waals surface area contributed by atoms with E-state index in [0.29, 0.717) is 38.6 Å². The molecule has 0 aromatic heterocycles. The molecule has 19 heavy (non-hydrogen) atoms. The smallest absolute Gasteiger partial charge is 0.0900 e. The molecular formula is C12H24O4S3. The third-order valence-electron chi connectivity index (χ3n) is 2.26. The Bertz CT molecular complexity index is 181. The lowest BCUT2D eigenvalue weighted by atomic mass is 10.6. The topological polar surface area (TPSA) is 43.5 Å². The Kier molecular flexibility index (Phi) is 11.9. The summed E-state index contributed by atoms with van der Waals surface area (Å²) in [5, 5.41) is 0. The van der Waals surface area contributed by atoms with Crippen LogP contribution in [0.3, 0.4) is 0 Å². The third-order valence-corrected chi connectivity index (χ3v) is 3.84. The fourth-order valence-corrected chi connectivity index (χ4v) is 2.42. The minimum absolute atomic E-state index is 0.578. The molecule has 0 radical (unpaired) electrons. The molecule has 7 heteroatoms. The Labute approximate surface area is 131 Å². The molecular weight excluding hydrogens is 304 g/mol. The van der Waals surface area contributed by atoms with E-state index in [1.54, 1.807) is 0 Å². The van der Waals surface area contributed by atoms with Crippen LogP contribution in [0.1, 0.15) is 0 Å². The zero-order chi connectivity index (χ0) is 13.8. The zero-order valence-electron chi connectivity index (χ0n) is 11.2. The van der Waals surface area contributed by atoms with Crippen LogP contribution in [0.4, 0.5) is 0 Å². The maximum absolute atomic E-state index is 5.10. The van der Waals surface area contributed by atoms with E-state index in [1.807, 2.05) is 11.8 Å². The van der Waals surface area contributed by atoms with Crippen molar-refractivity contribution in [1.82, 2.24) is 0 Å². The van der Waals surface area contributed by atoms with Crippen LogP contribution in [0.5, 0.6) is 0 Å². The van der Waals surface area contributed by atoms with Crippen molar-refractivity contribution in [3.63, 3.8) is 0 Å². The molecule has 0 N–H and O–H groups in total. The van der Waals surface area contributed by atoms with Crippen molar-refractivity contribution in [2.75, 3.05) is 62.7 Å². The number of thioether (sulfide) groups is 1. The molecule has 2 atom stereocenters. The molecule has 4 nitrogen and oxygen atoms in total. The summed E-state index contributed by atoms with van der Waals surface area (Å²) in [5.74, 6) is 3.87. The first-order chi connectivity index (χ1) is 9.36. The second-order valence-corrected chi connectivity index (χ2v) is 6.09. The van der Waals surface area contributed by atoms with Gasteiger partial charge in [-0.3, -0.25) is 0 Å². The first-order valence-electron chi connectivity index (χ1n) is 6.55. The fourth-order valence-electron chi connectivity index (χ4n) is 1.11. The highest BCUT2D eigenvalue weighted by atomic mass is 32.2. The minimum atomic E-state index is 0.578. The second-order valence-electron chi connectivity index (χ2n) is 4.12. The minimum Gasteiger partial charge on any atom is -0.378 e. The van der Waals surface area contributed by atoms with E-state index in [-0.39, 0.29) is 0 Å². The van der Waals surface area contributed by atoms with E-state index in [4.69, 9.17) is 18.9 Å². The summed E-state index contributed by atoms with van der Waals surface area (Å²) < 4.78 is 20.3. The normalized spacial score (nSPS) is 23.7. The zero-order valence-corrected chi connectivity index (χ0v) is 13.8. The SMILES string of the molecule is C1OC1CSCC1CO1.SCCOCCOCCS. The Morgan fingerprint density at radius 2 is 1.26 bits per heavy atom. The van der Waals surface area contributed by atoms with Crippen LogP contribution < -0.4 is 0 Å². The van der Waals surface area contributed by atoms with Crippen molar-refractivity contribution < 1.29 is 18.9 Å². The standard InChI is InChI=1S/C6H14O2S2.C6H10O2S/c9-5-3-7-1-2-8-4-6-10;1-5(7-1)3-9-4-6-2-8-6/h9-10H,1-6H2;5-6H,1-4H2. The van der Waals surface area contributed by atoms with E-state index < -0.39 is 0 Å². The molecule has 0 bridgehead atoms. The number of hydrogen-bond donors (Lipinski definition) is 2. The number of hydrogen-bond acceptors (Lipinski definition) is 7. The van der Waals surface area contributed by atoms with Crippen molar-refractivity contribution in [1.29, 1.82) is 0 Å². The monoisotopic (exact) mass is 328 g/mol. The van der Waals surface area contributed by atoms with Crippen LogP contribution in [0.25, 0.3) is 0 Å². The summed E-state index contributed by atoms with van der Waals surface area (Å²) in [6, 6.07) is 0. The molecule has 0 saturated carbocycles. The van der Waals surface area contributed by atoms with Crippen molar-refractivity contribution in [3.8, 4) is 0 Å². The first kappa shape index (κ1) is 17.9. The lowest BCUT2D eigenvalue weighted by Gasteiger charge is -2.01. The highest BCUT2D eigenvalue weighted by molar-refractivity contribution is 7.99. The molecule has 0 aliphatic carbocycles. The molecule has 2 aliphatic heterocycles. The molecule has 2 rings (SSSR count). The summed E-state index contributed by atoms with van der Waals surface area (Å²) in [6.07, 6.45) is 1.16. The average Bonchev–Trinajstić information content (AvgIpc) is 3.28. The van der Waals surface area contributed by atoms with Gasteiger partial charge in [0.25, 0.3) is 0 Å². The van der Waals surface area contributed by atoms with Gasteiger partial charge < -0.3 is 18.9 Å². The van der Waals surface area contributed by atoms with E-state index in [9.17, 15) is 0 Å². The molecule has 0 aromatic rings. The lowest BCUT2D eigenvalue weighted by molar-refractivity contribution is 0.0606. The van der Waals surface area contributed by atoms with Crippen LogP contribution in [0, 0.1) is 0 Å². The quantitative estimate of drug-likeness (QED) is 0.341. The van der Waals surface area contributed by atoms with E-state index in [0.717, 1.165) is 24.7 Å². The van der Waals surface area contributed by atoms with Gasteiger partial charge in [0, 0.05) is 23.0 Å². The van der Waals surface area contributed by atoms with Crippen LogP contribution in [0.15, 0.2) is 0 Å². The maximum atomic E-state index is 5.10. The van der Waals surface area contributed by atoms with Gasteiger partial charge in [0.05, 0.1) is 51.8 Å². The van der Waals surface area contributed by atoms with Crippen LogP contribution in [0.2, 0.25) is 0 Å². The summed E-state index contributed by atoms with van der Waals surface area (Å²) >= 11 is 9.92. The summed E-state index contributed by atoms with van der Waals surface area (Å²) in [5.41, 5.74) is 0. The number of thiol groups is 2. The predicted molar refractivity (Wildman–Crippen MR) is 86.1 cm³/mol. The van der Waals surface area contributed by atoms with Gasteiger partial charge in [-0.1, -0.05) is 0 Å². The Balaban J connectivity index is 0.000000190. The van der Waals surface area contributed by atoms with Crippen LogP contribution >= 0.6 is 37.0 Å². The fraction of sp³-hybridized carbons (Fsp3) is 1.00. The summed E-state index contributed by atoms with van der Waals surface area (Å²) in [7, 11) is 0. The lowest BCUT2D eigenvalue weighted by Crippen LogP contribution is -2.07. The average molecular weight is 329 g/mol. The Morgan fingerprint density at radius 3 is 1.58 bits per heavy atom. The van der Waals surface area contributed by atoms with E-state index in [1.165, 1.54) is 11.5 Å². The van der Waals surface area contributed by atoms with E-state index in [2.05, 4.69) is 25.3 Å². The van der Waals surface area contributed by atoms with Crippen LogP contribution in [-0.2, 0) is 18.9 Å². The molecule has 2 heterocycles. The molecule has 2 saturated heterocycles. The molecule has 0 amide bonds. The van der Waals surface area contributed by atoms with E-state index >= 15 is 0 Å². The Morgan fingerprint density at radius 1 is 0.842 bits per heavy atom. The summed E-state index contributed by atoms with van der Waals surface area (Å²) in [4.78, 5) is 0. The first-order valence-corrected chi connectivity index (χ1v) is 8.97.